The van der Waals surface area contributed by atoms with E-state index in [-0.39, 0.29) is 10.2 Å². The van der Waals surface area contributed by atoms with Crippen molar-refractivity contribution in [3.63, 3.8) is 0 Å². The number of hydrogen-bond acceptors (Lipinski definition) is 5. The topological polar surface area (TPSA) is 59.9 Å². The Kier molecular flexibility index (Phi) is 2.69. The van der Waals surface area contributed by atoms with Gasteiger partial charge in [-0.1, -0.05) is 11.3 Å². The molecule has 0 bridgehead atoms. The molecule has 0 unspecified atom stereocenters. The fourth-order valence-corrected chi connectivity index (χ4v) is 2.66. The normalized spacial score (nSPS) is 11.8. The van der Waals surface area contributed by atoms with Crippen LogP contribution in [0.5, 0.6) is 0 Å². The lowest BCUT2D eigenvalue weighted by Crippen LogP contribution is -1.93. The van der Waals surface area contributed by atoms with E-state index in [2.05, 4.69) is 10.2 Å². The van der Waals surface area contributed by atoms with E-state index in [9.17, 15) is 8.42 Å². The van der Waals surface area contributed by atoms with Crippen LogP contribution in [0.4, 0.5) is 0 Å². The largest absolute Gasteiger partial charge is 0.239 e. The van der Waals surface area contributed by atoms with E-state index in [1.807, 2.05) is 0 Å². The van der Waals surface area contributed by atoms with Crippen molar-refractivity contribution in [1.29, 1.82) is 0 Å². The number of aromatic nitrogens is 2. The summed E-state index contributed by atoms with van der Waals surface area (Å²) in [5, 5.41) is 7.18. The zero-order chi connectivity index (χ0) is 8.48. The van der Waals surface area contributed by atoms with Gasteiger partial charge in [-0.25, -0.2) is 8.42 Å². The molecule has 62 valence electrons. The van der Waals surface area contributed by atoms with E-state index in [1.165, 1.54) is 0 Å². The molecule has 1 aromatic heterocycles. The molecule has 0 amide bonds. The summed E-state index contributed by atoms with van der Waals surface area (Å²) in [5.41, 5.74) is 0. The SMILES string of the molecule is O=S(=O)(Cl)Cc1nnc(Cl)s1. The number of hydrogen-bond donors (Lipinski definition) is 0. The lowest BCUT2D eigenvalue weighted by atomic mass is 10.9. The molecule has 0 aliphatic carbocycles. The molecule has 0 radical (unpaired) electrons. The van der Waals surface area contributed by atoms with Crippen LogP contribution in [-0.4, -0.2) is 18.6 Å². The molecule has 0 spiro atoms. The smallest absolute Gasteiger partial charge is 0.212 e. The minimum atomic E-state index is -3.54. The Morgan fingerprint density at radius 2 is 2.09 bits per heavy atom. The second-order valence-electron chi connectivity index (χ2n) is 1.63. The van der Waals surface area contributed by atoms with Gasteiger partial charge in [0.05, 0.1) is 0 Å². The molecule has 0 fully saturated rings. The maximum Gasteiger partial charge on any atom is 0.239 e. The Balaban J connectivity index is 2.81. The van der Waals surface area contributed by atoms with Crippen LogP contribution in [0.15, 0.2) is 0 Å². The van der Waals surface area contributed by atoms with Gasteiger partial charge < -0.3 is 0 Å². The maximum atomic E-state index is 10.5. The van der Waals surface area contributed by atoms with Crippen LogP contribution >= 0.6 is 33.6 Å². The minimum absolute atomic E-state index is 0.209. The number of rotatable bonds is 2. The van der Waals surface area contributed by atoms with Gasteiger partial charge >= 0.3 is 0 Å². The van der Waals surface area contributed by atoms with Crippen molar-refractivity contribution in [3.8, 4) is 0 Å². The van der Waals surface area contributed by atoms with E-state index in [4.69, 9.17) is 22.3 Å². The van der Waals surface area contributed by atoms with Crippen LogP contribution in [0.25, 0.3) is 0 Å². The molecule has 0 aromatic carbocycles. The second-order valence-corrected chi connectivity index (χ2v) is 6.05. The Morgan fingerprint density at radius 3 is 2.45 bits per heavy atom. The molecule has 8 heteroatoms. The van der Waals surface area contributed by atoms with E-state index >= 15 is 0 Å². The first-order valence-corrected chi connectivity index (χ1v) is 6.05. The van der Waals surface area contributed by atoms with E-state index in [0.717, 1.165) is 11.3 Å². The summed E-state index contributed by atoms with van der Waals surface area (Å²) < 4.78 is 21.2. The summed E-state index contributed by atoms with van der Waals surface area (Å²) in [4.78, 5) is 0. The van der Waals surface area contributed by atoms with Gasteiger partial charge in [-0.2, -0.15) is 0 Å². The van der Waals surface area contributed by atoms with Gasteiger partial charge in [0.25, 0.3) is 0 Å². The van der Waals surface area contributed by atoms with Gasteiger partial charge in [0.2, 0.25) is 13.5 Å². The summed E-state index contributed by atoms with van der Waals surface area (Å²) in [6.45, 7) is 0. The Hall–Kier alpha value is 0.0900. The molecule has 0 atom stereocenters. The lowest BCUT2D eigenvalue weighted by Gasteiger charge is -1.85. The molecular formula is C3H2Cl2N2O2S2. The van der Waals surface area contributed by atoms with Crippen LogP contribution in [0.2, 0.25) is 4.47 Å². The van der Waals surface area contributed by atoms with Crippen molar-refractivity contribution in [1.82, 2.24) is 10.2 Å². The van der Waals surface area contributed by atoms with Crippen molar-refractivity contribution in [2.75, 3.05) is 0 Å². The molecular weight excluding hydrogens is 231 g/mol. The summed E-state index contributed by atoms with van der Waals surface area (Å²) in [5.74, 6) is -0.320. The lowest BCUT2D eigenvalue weighted by molar-refractivity contribution is 0.608. The highest BCUT2D eigenvalue weighted by Crippen LogP contribution is 2.18. The fraction of sp³-hybridized carbons (Fsp3) is 0.333. The van der Waals surface area contributed by atoms with Crippen LogP contribution < -0.4 is 0 Å². The highest BCUT2D eigenvalue weighted by atomic mass is 35.7. The van der Waals surface area contributed by atoms with Gasteiger partial charge in [-0.3, -0.25) is 0 Å². The average Bonchev–Trinajstić information content (AvgIpc) is 2.10. The summed E-state index contributed by atoms with van der Waals surface area (Å²) in [7, 11) is 1.40. The van der Waals surface area contributed by atoms with Crippen LogP contribution in [-0.2, 0) is 14.8 Å². The Labute approximate surface area is 76.6 Å². The maximum absolute atomic E-state index is 10.5. The molecule has 0 aliphatic rings. The first-order chi connectivity index (χ1) is 4.97. The molecule has 1 aromatic rings. The Bertz CT molecular complexity index is 346. The van der Waals surface area contributed by atoms with Crippen molar-refractivity contribution in [2.45, 2.75) is 5.75 Å². The van der Waals surface area contributed by atoms with Crippen molar-refractivity contribution >= 4 is 42.7 Å². The second kappa shape index (κ2) is 3.22. The molecule has 1 heterocycles. The molecule has 0 aliphatic heterocycles. The predicted octanol–water partition coefficient (Wildman–Crippen LogP) is 1.26. The molecule has 0 saturated heterocycles. The fourth-order valence-electron chi connectivity index (χ4n) is 0.439. The highest BCUT2D eigenvalue weighted by molar-refractivity contribution is 8.13. The van der Waals surface area contributed by atoms with Gasteiger partial charge in [0, 0.05) is 10.7 Å². The van der Waals surface area contributed by atoms with Crippen LogP contribution in [0.1, 0.15) is 5.01 Å². The first kappa shape index (κ1) is 9.18. The quantitative estimate of drug-likeness (QED) is 0.721. The average molecular weight is 233 g/mol. The van der Waals surface area contributed by atoms with E-state index < -0.39 is 9.05 Å². The van der Waals surface area contributed by atoms with Gasteiger partial charge in [-0.05, 0) is 11.6 Å². The van der Waals surface area contributed by atoms with Gasteiger partial charge in [-0.15, -0.1) is 10.2 Å². The third kappa shape index (κ3) is 3.33. The number of halogens is 2. The summed E-state index contributed by atoms with van der Waals surface area (Å²) in [6.07, 6.45) is 0. The van der Waals surface area contributed by atoms with E-state index in [1.54, 1.807) is 0 Å². The molecule has 1 rings (SSSR count). The monoisotopic (exact) mass is 232 g/mol. The standard InChI is InChI=1S/C3H2Cl2N2O2S2/c4-3-7-6-2(10-3)1-11(5,8)9/h1H2. The summed E-state index contributed by atoms with van der Waals surface area (Å²) >= 11 is 6.39. The van der Waals surface area contributed by atoms with Crippen molar-refractivity contribution in [3.05, 3.63) is 9.47 Å². The van der Waals surface area contributed by atoms with E-state index in [0.29, 0.717) is 5.01 Å². The molecule has 0 N–H and O–H groups in total. The third-order valence-electron chi connectivity index (χ3n) is 0.738. The van der Waals surface area contributed by atoms with Gasteiger partial charge in [0.15, 0.2) is 0 Å². The first-order valence-electron chi connectivity index (χ1n) is 2.37. The van der Waals surface area contributed by atoms with Crippen molar-refractivity contribution in [2.24, 2.45) is 0 Å². The third-order valence-corrected chi connectivity index (χ3v) is 2.89. The van der Waals surface area contributed by atoms with Gasteiger partial charge in [0.1, 0.15) is 10.8 Å². The van der Waals surface area contributed by atoms with Crippen LogP contribution in [0, 0.1) is 0 Å². The molecule has 11 heavy (non-hydrogen) atoms. The zero-order valence-corrected chi connectivity index (χ0v) is 8.14. The molecule has 4 nitrogen and oxygen atoms in total. The van der Waals surface area contributed by atoms with Crippen molar-refractivity contribution < 1.29 is 8.42 Å². The number of nitrogens with zero attached hydrogens (tertiary/aromatic N) is 2. The zero-order valence-electron chi connectivity index (χ0n) is 4.99. The summed E-state index contributed by atoms with van der Waals surface area (Å²) in [6, 6.07) is 0. The molecule has 0 saturated carbocycles. The minimum Gasteiger partial charge on any atom is -0.212 e. The van der Waals surface area contributed by atoms with Crippen LogP contribution in [0.3, 0.4) is 0 Å². The highest BCUT2D eigenvalue weighted by Gasteiger charge is 2.11. The Morgan fingerprint density at radius 1 is 1.45 bits per heavy atom. The predicted molar refractivity (Wildman–Crippen MR) is 43.4 cm³/mol.